The molecule has 0 aliphatic carbocycles. The van der Waals surface area contributed by atoms with Gasteiger partial charge in [-0.3, -0.25) is 4.90 Å². The van der Waals surface area contributed by atoms with Crippen LogP contribution in [0.5, 0.6) is 0 Å². The molecule has 0 spiro atoms. The summed E-state index contributed by atoms with van der Waals surface area (Å²) in [7, 11) is 0. The number of nitrogens with one attached hydrogen (secondary N) is 2. The first-order valence-corrected chi connectivity index (χ1v) is 8.80. The van der Waals surface area contributed by atoms with Crippen molar-refractivity contribution < 1.29 is 5.11 Å². The maximum Gasteiger partial charge on any atom is 0.129 e. The van der Waals surface area contributed by atoms with Crippen molar-refractivity contribution in [2.75, 3.05) is 19.7 Å². The Morgan fingerprint density at radius 2 is 1.96 bits per heavy atom. The fraction of sp³-hybridized carbons (Fsp3) is 0.316. The summed E-state index contributed by atoms with van der Waals surface area (Å²) in [6.45, 7) is 3.31. The molecule has 132 valence electrons. The van der Waals surface area contributed by atoms with Gasteiger partial charge in [-0.15, -0.1) is 0 Å². The second-order valence-corrected chi connectivity index (χ2v) is 6.54. The van der Waals surface area contributed by atoms with Crippen LogP contribution in [0.25, 0.3) is 0 Å². The fourth-order valence-electron chi connectivity index (χ4n) is 2.90. The zero-order valence-corrected chi connectivity index (χ0v) is 14.8. The van der Waals surface area contributed by atoms with Gasteiger partial charge in [0.05, 0.1) is 6.61 Å². The summed E-state index contributed by atoms with van der Waals surface area (Å²) in [6, 6.07) is 14.0. The van der Waals surface area contributed by atoms with Crippen LogP contribution in [0.2, 0.25) is 5.15 Å². The molecule has 1 aliphatic rings. The van der Waals surface area contributed by atoms with Gasteiger partial charge in [0.2, 0.25) is 0 Å². The number of nitrogens with zero attached hydrogens (tertiary/aromatic N) is 2. The zero-order valence-electron chi connectivity index (χ0n) is 14.1. The molecule has 1 aromatic carbocycles. The lowest BCUT2D eigenvalue weighted by Crippen LogP contribution is -2.41. The Morgan fingerprint density at radius 3 is 2.68 bits per heavy atom. The van der Waals surface area contributed by atoms with Crippen molar-refractivity contribution >= 4 is 11.6 Å². The van der Waals surface area contributed by atoms with Crippen molar-refractivity contribution in [3.05, 3.63) is 76.2 Å². The molecule has 3 rings (SSSR count). The summed E-state index contributed by atoms with van der Waals surface area (Å²) in [5, 5.41) is 10.1. The highest BCUT2D eigenvalue weighted by atomic mass is 35.5. The Balaban J connectivity index is 1.56. The largest absolute Gasteiger partial charge is 0.392 e. The number of pyridine rings is 1. The third-order valence-corrected chi connectivity index (χ3v) is 4.52. The van der Waals surface area contributed by atoms with E-state index in [1.165, 1.54) is 5.56 Å². The van der Waals surface area contributed by atoms with Gasteiger partial charge in [0, 0.05) is 38.1 Å². The van der Waals surface area contributed by atoms with Crippen LogP contribution in [0.4, 0.5) is 0 Å². The molecule has 0 atom stereocenters. The van der Waals surface area contributed by atoms with Crippen LogP contribution in [0.3, 0.4) is 0 Å². The van der Waals surface area contributed by atoms with Crippen LogP contribution in [-0.4, -0.2) is 34.7 Å². The van der Waals surface area contributed by atoms with Gasteiger partial charge in [-0.25, -0.2) is 10.4 Å². The van der Waals surface area contributed by atoms with E-state index in [9.17, 15) is 5.11 Å². The van der Waals surface area contributed by atoms with E-state index in [2.05, 4.69) is 32.9 Å². The highest BCUT2D eigenvalue weighted by molar-refractivity contribution is 6.29. The van der Waals surface area contributed by atoms with Crippen LogP contribution in [-0.2, 0) is 13.1 Å². The minimum absolute atomic E-state index is 0.0890. The second kappa shape index (κ2) is 8.97. The van der Waals surface area contributed by atoms with Crippen molar-refractivity contribution in [1.82, 2.24) is 20.7 Å². The van der Waals surface area contributed by atoms with E-state index in [-0.39, 0.29) is 6.61 Å². The van der Waals surface area contributed by atoms with E-state index in [1.807, 2.05) is 36.5 Å². The number of benzene rings is 1. The second-order valence-electron chi connectivity index (χ2n) is 6.15. The Morgan fingerprint density at radius 1 is 1.12 bits per heavy atom. The minimum atomic E-state index is 0.0890. The summed E-state index contributed by atoms with van der Waals surface area (Å²) in [4.78, 5) is 6.47. The molecule has 0 bridgehead atoms. The number of rotatable bonds is 7. The summed E-state index contributed by atoms with van der Waals surface area (Å²) in [5.41, 5.74) is 11.0. The third-order valence-electron chi connectivity index (χ3n) is 4.30. The normalized spacial score (nSPS) is 15.4. The molecule has 2 aromatic rings. The van der Waals surface area contributed by atoms with Crippen molar-refractivity contribution in [3.8, 4) is 0 Å². The number of aromatic nitrogens is 1. The van der Waals surface area contributed by atoms with Crippen molar-refractivity contribution in [2.45, 2.75) is 19.5 Å². The Kier molecular flexibility index (Phi) is 6.42. The Labute approximate surface area is 153 Å². The van der Waals surface area contributed by atoms with Gasteiger partial charge in [-0.2, -0.15) is 0 Å². The number of hydrazine groups is 1. The maximum atomic E-state index is 9.62. The monoisotopic (exact) mass is 358 g/mol. The standard InChI is InChI=1S/C19H23ClN4O/c20-19-7-6-16(10-21-19)12-24-9-8-17(14-25)18(13-24)23-22-11-15-4-2-1-3-5-15/h1-7,10,22-23,25H,8-9,11-14H2. The molecule has 2 heterocycles. The van der Waals surface area contributed by atoms with Gasteiger partial charge in [0.25, 0.3) is 0 Å². The minimum Gasteiger partial charge on any atom is -0.392 e. The fourth-order valence-corrected chi connectivity index (χ4v) is 3.01. The summed E-state index contributed by atoms with van der Waals surface area (Å²) in [6.07, 6.45) is 2.67. The molecule has 0 fully saturated rings. The van der Waals surface area contributed by atoms with E-state index in [0.29, 0.717) is 5.15 Å². The van der Waals surface area contributed by atoms with Gasteiger partial charge in [-0.05, 0) is 29.2 Å². The van der Waals surface area contributed by atoms with E-state index in [0.717, 1.165) is 49.4 Å². The number of hydrogen-bond donors (Lipinski definition) is 3. The number of aliphatic hydroxyl groups is 1. The highest BCUT2D eigenvalue weighted by Gasteiger charge is 2.18. The lowest BCUT2D eigenvalue weighted by atomic mass is 10.1. The molecule has 25 heavy (non-hydrogen) atoms. The van der Waals surface area contributed by atoms with Crippen LogP contribution in [0.1, 0.15) is 17.5 Å². The first kappa shape index (κ1) is 17.9. The lowest BCUT2D eigenvalue weighted by Gasteiger charge is -2.31. The van der Waals surface area contributed by atoms with E-state index < -0.39 is 0 Å². The third kappa shape index (κ3) is 5.28. The average molecular weight is 359 g/mol. The number of aliphatic hydroxyl groups excluding tert-OH is 1. The first-order chi connectivity index (χ1) is 12.2. The van der Waals surface area contributed by atoms with Crippen LogP contribution in [0.15, 0.2) is 59.9 Å². The SMILES string of the molecule is OCC1=C(NNCc2ccccc2)CN(Cc2ccc(Cl)nc2)CC1. The van der Waals surface area contributed by atoms with Crippen molar-refractivity contribution in [3.63, 3.8) is 0 Å². The molecule has 0 unspecified atom stereocenters. The van der Waals surface area contributed by atoms with Crippen molar-refractivity contribution in [1.29, 1.82) is 0 Å². The van der Waals surface area contributed by atoms with Crippen LogP contribution < -0.4 is 10.9 Å². The average Bonchev–Trinajstić information content (AvgIpc) is 2.65. The quantitative estimate of drug-likeness (QED) is 0.524. The van der Waals surface area contributed by atoms with Gasteiger partial charge >= 0.3 is 0 Å². The topological polar surface area (TPSA) is 60.4 Å². The lowest BCUT2D eigenvalue weighted by molar-refractivity contribution is 0.246. The predicted molar refractivity (Wildman–Crippen MR) is 99.7 cm³/mol. The molecular formula is C19H23ClN4O. The Hall–Kier alpha value is -1.92. The Bertz CT molecular complexity index is 703. The molecular weight excluding hydrogens is 336 g/mol. The number of halogens is 1. The molecule has 0 amide bonds. The zero-order chi connectivity index (χ0) is 17.5. The molecule has 1 aliphatic heterocycles. The summed E-state index contributed by atoms with van der Waals surface area (Å²) in [5.74, 6) is 0. The predicted octanol–water partition coefficient (Wildman–Crippen LogP) is 2.48. The van der Waals surface area contributed by atoms with E-state index in [4.69, 9.17) is 11.6 Å². The van der Waals surface area contributed by atoms with Crippen LogP contribution >= 0.6 is 11.6 Å². The molecule has 0 saturated heterocycles. The molecule has 0 radical (unpaired) electrons. The van der Waals surface area contributed by atoms with Gasteiger partial charge in [0.15, 0.2) is 0 Å². The van der Waals surface area contributed by atoms with Crippen molar-refractivity contribution in [2.24, 2.45) is 0 Å². The molecule has 5 nitrogen and oxygen atoms in total. The first-order valence-electron chi connectivity index (χ1n) is 8.42. The maximum absolute atomic E-state index is 9.62. The van der Waals surface area contributed by atoms with Gasteiger partial charge in [0.1, 0.15) is 5.15 Å². The summed E-state index contributed by atoms with van der Waals surface area (Å²) >= 11 is 5.85. The van der Waals surface area contributed by atoms with E-state index in [1.54, 1.807) is 0 Å². The van der Waals surface area contributed by atoms with Gasteiger partial charge < -0.3 is 10.5 Å². The number of hydrogen-bond acceptors (Lipinski definition) is 5. The summed E-state index contributed by atoms with van der Waals surface area (Å²) < 4.78 is 0. The molecule has 6 heteroatoms. The molecule has 0 saturated carbocycles. The highest BCUT2D eigenvalue weighted by Crippen LogP contribution is 2.18. The van der Waals surface area contributed by atoms with E-state index >= 15 is 0 Å². The smallest absolute Gasteiger partial charge is 0.129 e. The van der Waals surface area contributed by atoms with Gasteiger partial charge in [-0.1, -0.05) is 48.0 Å². The molecule has 1 aromatic heterocycles. The molecule has 3 N–H and O–H groups in total. The van der Waals surface area contributed by atoms with Crippen LogP contribution in [0, 0.1) is 0 Å².